The van der Waals surface area contributed by atoms with Crippen LogP contribution < -0.4 is 31.3 Å². The minimum atomic E-state index is 0. The summed E-state index contributed by atoms with van der Waals surface area (Å²) in [6.07, 6.45) is 0. The third-order valence-electron chi connectivity index (χ3n) is 0. The molecule has 0 saturated carbocycles. The van der Waals surface area contributed by atoms with Crippen molar-refractivity contribution in [2.75, 3.05) is 0 Å². The Morgan fingerprint density at radius 2 is 0.667 bits per heavy atom. The fraction of sp³-hybridized carbons (Fsp3) is 0. The van der Waals surface area contributed by atoms with Gasteiger partial charge in [0.05, 0.1) is 0 Å². The molecule has 0 aromatic heterocycles. The maximum atomic E-state index is 0. The van der Waals surface area contributed by atoms with Gasteiger partial charge in [0.15, 0.2) is 0 Å². The van der Waals surface area contributed by atoms with Gasteiger partial charge in [0.25, 0.3) is 0 Å². The van der Waals surface area contributed by atoms with Gasteiger partial charge < -0.3 is 12.4 Å². The first kappa shape index (κ1) is 88.4. The van der Waals surface area contributed by atoms with Gasteiger partial charge in [-0.25, -0.2) is 0 Å². The van der Waals surface area contributed by atoms with E-state index in [4.69, 9.17) is 0 Å². The van der Waals surface area contributed by atoms with Gasteiger partial charge in [-0.05, 0) is 0 Å². The summed E-state index contributed by atoms with van der Waals surface area (Å²) >= 11 is 0. The van der Waals surface area contributed by atoms with Crippen LogP contribution in [-0.2, 0) is 0 Å². The van der Waals surface area contributed by atoms with Crippen molar-refractivity contribution in [3.8, 4) is 0 Å². The van der Waals surface area contributed by atoms with Crippen LogP contribution >= 0.6 is 47.1 Å². The average molecular weight is 186 g/mol. The number of hydrogen-bond donors (Lipinski definition) is 0. The van der Waals surface area contributed by atoms with E-state index in [0.717, 1.165) is 0 Å². The van der Waals surface area contributed by atoms with E-state index in [1.54, 1.807) is 0 Å². The molecule has 6 heteroatoms. The Morgan fingerprint density at radius 3 is 0.667 bits per heavy atom. The summed E-state index contributed by atoms with van der Waals surface area (Å²) in [5, 5.41) is 0. The van der Waals surface area contributed by atoms with E-state index in [1.165, 1.54) is 0 Å². The maximum Gasteiger partial charge on any atom is 1.00 e. The molecule has 0 aromatic rings. The predicted molar refractivity (Wildman–Crippen MR) is 32.8 cm³/mol. The van der Waals surface area contributed by atoms with Gasteiger partial charge in [0, 0.05) is 0 Å². The van der Waals surface area contributed by atoms with Crippen LogP contribution in [-0.4, -0.2) is 0 Å². The topological polar surface area (TPSA) is 0 Å². The third-order valence-corrected chi connectivity index (χ3v) is 0. The molecule has 0 bridgehead atoms. The molecule has 0 fully saturated rings. The van der Waals surface area contributed by atoms with Crippen LogP contribution in [0.2, 0.25) is 0 Å². The second kappa shape index (κ2) is 57.5. The van der Waals surface area contributed by atoms with Crippen molar-refractivity contribution in [3.05, 3.63) is 0 Å². The van der Waals surface area contributed by atoms with Crippen molar-refractivity contribution >= 4 is 47.1 Å². The Bertz CT molecular complexity index is 7.51. The van der Waals surface area contributed by atoms with Crippen molar-refractivity contribution in [1.29, 1.82) is 0 Å². The Kier molecular flexibility index (Phi) is 847. The van der Waals surface area contributed by atoms with Crippen LogP contribution in [0.3, 0.4) is 0 Å². The van der Waals surface area contributed by atoms with E-state index >= 15 is 0 Å². The van der Waals surface area contributed by atoms with Crippen molar-refractivity contribution in [3.63, 3.8) is 0 Å². The van der Waals surface area contributed by atoms with Crippen molar-refractivity contribution in [2.24, 2.45) is 0 Å². The molecule has 6 heavy (non-hydrogen) atoms. The van der Waals surface area contributed by atoms with Crippen molar-refractivity contribution in [2.45, 2.75) is 0 Å². The summed E-state index contributed by atoms with van der Waals surface area (Å²) < 4.78 is 0. The smallest absolute Gasteiger partial charge is 1.00 e. The molecule has 1 atom stereocenters. The first-order valence-electron chi connectivity index (χ1n) is 0. The van der Waals surface area contributed by atoms with Crippen LogP contribution in [0.5, 0.6) is 0 Å². The summed E-state index contributed by atoms with van der Waals surface area (Å²) in [4.78, 5) is 0. The van der Waals surface area contributed by atoms with Gasteiger partial charge in [0.1, 0.15) is 0 Å². The van der Waals surface area contributed by atoms with E-state index in [0.29, 0.717) is 0 Å². The molecule has 0 aliphatic carbocycles. The molecule has 0 aliphatic heterocycles. The summed E-state index contributed by atoms with van der Waals surface area (Å²) in [7, 11) is 0. The minimum Gasteiger partial charge on any atom is -1.00 e. The molecule has 0 N–H and O–H groups in total. The van der Waals surface area contributed by atoms with Crippen LogP contribution in [0.15, 0.2) is 0 Å². The third kappa shape index (κ3) is 34.8. The second-order valence-electron chi connectivity index (χ2n) is 0. The largest absolute Gasteiger partial charge is 1.00 e. The SMILES string of the molecule is Cl.Cl.Cl.P.[Cl-].[Li+]. The van der Waals surface area contributed by atoms with Crippen LogP contribution in [0, 0.1) is 0 Å². The summed E-state index contributed by atoms with van der Waals surface area (Å²) in [5.41, 5.74) is 0. The van der Waals surface area contributed by atoms with E-state index in [1.807, 2.05) is 0 Å². The predicted octanol–water partition coefficient (Wildman–Crippen LogP) is -4.67. The monoisotopic (exact) mass is 184 g/mol. The van der Waals surface area contributed by atoms with Gasteiger partial charge in [-0.15, -0.1) is 37.2 Å². The number of hydrogen-bond acceptors (Lipinski definition) is 0. The summed E-state index contributed by atoms with van der Waals surface area (Å²) in [5.74, 6) is 0. The van der Waals surface area contributed by atoms with Crippen molar-refractivity contribution < 1.29 is 31.3 Å². The van der Waals surface area contributed by atoms with E-state index < -0.39 is 0 Å². The molecule has 0 nitrogen and oxygen atoms in total. The number of rotatable bonds is 0. The second-order valence-corrected chi connectivity index (χ2v) is 0. The molecule has 0 aromatic carbocycles. The molecule has 1 unspecified atom stereocenters. The average Bonchev–Trinajstić information content (AvgIpc) is 0. The Hall–Kier alpha value is 2.19. The van der Waals surface area contributed by atoms with Crippen molar-refractivity contribution in [1.82, 2.24) is 0 Å². The molecule has 0 rings (SSSR count). The molecule has 0 amide bonds. The van der Waals surface area contributed by atoms with Gasteiger partial charge in [-0.2, -0.15) is 9.90 Å². The van der Waals surface area contributed by atoms with E-state index in [9.17, 15) is 0 Å². The molecule has 0 saturated heterocycles. The summed E-state index contributed by atoms with van der Waals surface area (Å²) in [6.45, 7) is 0. The summed E-state index contributed by atoms with van der Waals surface area (Å²) in [6, 6.07) is 0. The fourth-order valence-electron chi connectivity index (χ4n) is 0. The maximum absolute atomic E-state index is 0. The normalized spacial score (nSPS) is 0. The van der Waals surface area contributed by atoms with Crippen LogP contribution in [0.1, 0.15) is 0 Å². The van der Waals surface area contributed by atoms with Crippen LogP contribution in [0.4, 0.5) is 0 Å². The van der Waals surface area contributed by atoms with Crippen LogP contribution in [0.25, 0.3) is 0 Å². The molecule has 0 aliphatic rings. The van der Waals surface area contributed by atoms with Gasteiger partial charge in [0.2, 0.25) is 0 Å². The zero-order valence-electron chi connectivity index (χ0n) is 3.31. The molecule has 0 radical (unpaired) electrons. The zero-order valence-corrected chi connectivity index (χ0v) is 7.93. The Balaban J connectivity index is 0. The molecule has 0 heterocycles. The van der Waals surface area contributed by atoms with Gasteiger partial charge >= 0.3 is 18.9 Å². The molecular formula is H6Cl4LiP. The first-order chi connectivity index (χ1) is 0. The first-order valence-corrected chi connectivity index (χ1v) is 0. The standard InChI is InChI=1S/4ClH.Li.H3P/h4*1H;;1H3/q;;;;+1;/p-1. The zero-order chi connectivity index (χ0) is 0. The molecule has 40 valence electrons. The van der Waals surface area contributed by atoms with E-state index in [2.05, 4.69) is 0 Å². The Labute approximate surface area is 78.0 Å². The molecule has 0 spiro atoms. The Morgan fingerprint density at radius 1 is 0.667 bits per heavy atom. The molecular weight excluding hydrogens is 180 g/mol. The van der Waals surface area contributed by atoms with Gasteiger partial charge in [-0.1, -0.05) is 0 Å². The van der Waals surface area contributed by atoms with Gasteiger partial charge in [-0.3, -0.25) is 0 Å². The minimum absolute atomic E-state index is 0. The fourth-order valence-corrected chi connectivity index (χ4v) is 0. The quantitative estimate of drug-likeness (QED) is 0.263. The number of halogens is 4. The van der Waals surface area contributed by atoms with E-state index in [-0.39, 0.29) is 78.4 Å².